The number of phenols is 1. The van der Waals surface area contributed by atoms with Crippen molar-refractivity contribution in [3.8, 4) is 5.75 Å². The summed E-state index contributed by atoms with van der Waals surface area (Å²) in [7, 11) is 0. The summed E-state index contributed by atoms with van der Waals surface area (Å²) in [6.07, 6.45) is 5.51. The maximum Gasteiger partial charge on any atom is 0.119 e. The summed E-state index contributed by atoms with van der Waals surface area (Å²) < 4.78 is 0. The molecule has 0 saturated heterocycles. The van der Waals surface area contributed by atoms with Crippen LogP contribution < -0.4 is 0 Å². The quantitative estimate of drug-likeness (QED) is 0.754. The molecule has 0 aliphatic rings. The van der Waals surface area contributed by atoms with Crippen molar-refractivity contribution in [1.29, 1.82) is 0 Å². The van der Waals surface area contributed by atoms with Gasteiger partial charge in [0, 0.05) is 0 Å². The minimum Gasteiger partial charge on any atom is -0.508 e. The number of unbranched alkanes of at least 4 members (excludes halogenated alkanes) is 1. The molecule has 0 aromatic heterocycles. The molecule has 1 N–H and O–H groups in total. The first kappa shape index (κ1) is 11.1. The van der Waals surface area contributed by atoms with Crippen molar-refractivity contribution >= 4 is 0 Å². The lowest BCUT2D eigenvalue weighted by molar-refractivity contribution is 0.466. The van der Waals surface area contributed by atoms with E-state index < -0.39 is 0 Å². The fourth-order valence-corrected chi connectivity index (χ4v) is 1.63. The zero-order chi connectivity index (χ0) is 10.4. The number of hydrogen-bond donors (Lipinski definition) is 1. The van der Waals surface area contributed by atoms with Crippen LogP contribution >= 0.6 is 0 Å². The molecule has 0 radical (unpaired) electrons. The van der Waals surface area contributed by atoms with Gasteiger partial charge in [0.2, 0.25) is 0 Å². The van der Waals surface area contributed by atoms with Gasteiger partial charge in [-0.25, -0.2) is 0 Å². The van der Waals surface area contributed by atoms with Crippen LogP contribution in [0.3, 0.4) is 0 Å². The maximum absolute atomic E-state index is 9.74. The molecule has 1 aromatic rings. The van der Waals surface area contributed by atoms with E-state index in [1.165, 1.54) is 12.0 Å². The van der Waals surface area contributed by atoms with Crippen molar-refractivity contribution in [2.75, 3.05) is 0 Å². The van der Waals surface area contributed by atoms with Gasteiger partial charge in [0.1, 0.15) is 5.75 Å². The SMILES string of the molecule is CCCCc1ccc(CCC)cc1O. The molecule has 1 nitrogen and oxygen atoms in total. The highest BCUT2D eigenvalue weighted by atomic mass is 16.3. The zero-order valence-corrected chi connectivity index (χ0v) is 9.21. The number of phenolic OH excluding ortho intramolecular Hbond substituents is 1. The molecule has 0 fully saturated rings. The fraction of sp³-hybridized carbons (Fsp3) is 0.538. The van der Waals surface area contributed by atoms with Crippen molar-refractivity contribution < 1.29 is 5.11 Å². The van der Waals surface area contributed by atoms with Gasteiger partial charge in [-0.2, -0.15) is 0 Å². The van der Waals surface area contributed by atoms with Crippen LogP contribution in [-0.2, 0) is 12.8 Å². The number of aryl methyl sites for hydroxylation is 2. The monoisotopic (exact) mass is 192 g/mol. The molecule has 0 amide bonds. The van der Waals surface area contributed by atoms with Gasteiger partial charge < -0.3 is 5.11 Å². The second-order valence-corrected chi connectivity index (χ2v) is 3.82. The number of hydrogen-bond acceptors (Lipinski definition) is 1. The van der Waals surface area contributed by atoms with Gasteiger partial charge >= 0.3 is 0 Å². The maximum atomic E-state index is 9.74. The Morgan fingerprint density at radius 3 is 2.43 bits per heavy atom. The third-order valence-electron chi connectivity index (χ3n) is 2.49. The molecule has 1 rings (SSSR count). The van der Waals surface area contributed by atoms with Crippen LogP contribution in [0.25, 0.3) is 0 Å². The molecule has 78 valence electrons. The van der Waals surface area contributed by atoms with Crippen LogP contribution in [-0.4, -0.2) is 5.11 Å². The van der Waals surface area contributed by atoms with Gasteiger partial charge in [0.05, 0.1) is 0 Å². The van der Waals surface area contributed by atoms with Crippen molar-refractivity contribution in [2.24, 2.45) is 0 Å². The minimum atomic E-state index is 0.476. The summed E-state index contributed by atoms with van der Waals surface area (Å²) in [5.74, 6) is 0.476. The summed E-state index contributed by atoms with van der Waals surface area (Å²) in [5, 5.41) is 9.74. The lowest BCUT2D eigenvalue weighted by Crippen LogP contribution is -1.89. The molecule has 1 heteroatoms. The van der Waals surface area contributed by atoms with Gasteiger partial charge in [0.25, 0.3) is 0 Å². The minimum absolute atomic E-state index is 0.476. The Kier molecular flexibility index (Phi) is 4.51. The largest absolute Gasteiger partial charge is 0.508 e. The molecule has 0 heterocycles. The third-order valence-corrected chi connectivity index (χ3v) is 2.49. The molecule has 14 heavy (non-hydrogen) atoms. The van der Waals surface area contributed by atoms with E-state index >= 15 is 0 Å². The first-order chi connectivity index (χ1) is 6.77. The summed E-state index contributed by atoms with van der Waals surface area (Å²) in [6.45, 7) is 4.32. The van der Waals surface area contributed by atoms with Crippen LogP contribution in [0.5, 0.6) is 5.75 Å². The van der Waals surface area contributed by atoms with E-state index in [0.29, 0.717) is 5.75 Å². The van der Waals surface area contributed by atoms with Crippen LogP contribution in [0, 0.1) is 0 Å². The normalized spacial score (nSPS) is 10.4. The average Bonchev–Trinajstić information content (AvgIpc) is 2.17. The smallest absolute Gasteiger partial charge is 0.119 e. The number of rotatable bonds is 5. The highest BCUT2D eigenvalue weighted by molar-refractivity contribution is 5.36. The van der Waals surface area contributed by atoms with Gasteiger partial charge in [0.15, 0.2) is 0 Å². The van der Waals surface area contributed by atoms with E-state index in [4.69, 9.17) is 0 Å². The van der Waals surface area contributed by atoms with E-state index in [1.807, 2.05) is 6.07 Å². The topological polar surface area (TPSA) is 20.2 Å². The Hall–Kier alpha value is -0.980. The average molecular weight is 192 g/mol. The summed E-state index contributed by atoms with van der Waals surface area (Å²) in [6, 6.07) is 6.11. The molecule has 0 aliphatic carbocycles. The molecular formula is C13H20O. The van der Waals surface area contributed by atoms with Crippen molar-refractivity contribution in [3.05, 3.63) is 29.3 Å². The van der Waals surface area contributed by atoms with Crippen LogP contribution in [0.1, 0.15) is 44.2 Å². The third kappa shape index (κ3) is 3.06. The predicted molar refractivity (Wildman–Crippen MR) is 60.7 cm³/mol. The van der Waals surface area contributed by atoms with Gasteiger partial charge in [-0.05, 0) is 36.5 Å². The molecule has 0 aliphatic heterocycles. The zero-order valence-electron chi connectivity index (χ0n) is 9.21. The van der Waals surface area contributed by atoms with E-state index in [2.05, 4.69) is 26.0 Å². The van der Waals surface area contributed by atoms with E-state index in [9.17, 15) is 5.11 Å². The van der Waals surface area contributed by atoms with E-state index in [1.54, 1.807) is 0 Å². The van der Waals surface area contributed by atoms with Gasteiger partial charge in [-0.1, -0.05) is 38.8 Å². The highest BCUT2D eigenvalue weighted by Gasteiger charge is 2.01. The second kappa shape index (κ2) is 5.69. The highest BCUT2D eigenvalue weighted by Crippen LogP contribution is 2.21. The summed E-state index contributed by atoms with van der Waals surface area (Å²) in [4.78, 5) is 0. The predicted octanol–water partition coefficient (Wildman–Crippen LogP) is 3.69. The molecule has 0 atom stereocenters. The standard InChI is InChI=1S/C13H20O/c1-3-5-7-12-9-8-11(6-4-2)10-13(12)14/h8-10,14H,3-7H2,1-2H3. The van der Waals surface area contributed by atoms with Crippen LogP contribution in [0.15, 0.2) is 18.2 Å². The number of benzene rings is 1. The molecule has 0 spiro atoms. The van der Waals surface area contributed by atoms with Crippen molar-refractivity contribution in [1.82, 2.24) is 0 Å². The van der Waals surface area contributed by atoms with Crippen molar-refractivity contribution in [3.63, 3.8) is 0 Å². The Balaban J connectivity index is 2.68. The fourth-order valence-electron chi connectivity index (χ4n) is 1.63. The van der Waals surface area contributed by atoms with E-state index in [-0.39, 0.29) is 0 Å². The molecule has 0 unspecified atom stereocenters. The Bertz CT molecular complexity index is 279. The summed E-state index contributed by atoms with van der Waals surface area (Å²) >= 11 is 0. The van der Waals surface area contributed by atoms with Crippen LogP contribution in [0.4, 0.5) is 0 Å². The molecule has 0 saturated carbocycles. The molecule has 1 aromatic carbocycles. The second-order valence-electron chi connectivity index (χ2n) is 3.82. The van der Waals surface area contributed by atoms with Gasteiger partial charge in [-0.3, -0.25) is 0 Å². The molecule has 0 bridgehead atoms. The van der Waals surface area contributed by atoms with Gasteiger partial charge in [-0.15, -0.1) is 0 Å². The molecular weight excluding hydrogens is 172 g/mol. The first-order valence-corrected chi connectivity index (χ1v) is 5.58. The Labute approximate surface area is 86.8 Å². The van der Waals surface area contributed by atoms with E-state index in [0.717, 1.165) is 31.2 Å². The number of aromatic hydroxyl groups is 1. The Morgan fingerprint density at radius 1 is 1.07 bits per heavy atom. The summed E-state index contributed by atoms with van der Waals surface area (Å²) in [5.41, 5.74) is 2.33. The lowest BCUT2D eigenvalue weighted by atomic mass is 10.0. The van der Waals surface area contributed by atoms with Crippen LogP contribution in [0.2, 0.25) is 0 Å². The lowest BCUT2D eigenvalue weighted by Gasteiger charge is -2.06. The first-order valence-electron chi connectivity index (χ1n) is 5.58. The Morgan fingerprint density at radius 2 is 1.86 bits per heavy atom. The van der Waals surface area contributed by atoms with Crippen molar-refractivity contribution in [2.45, 2.75) is 46.0 Å².